The van der Waals surface area contributed by atoms with Crippen molar-refractivity contribution in [1.82, 2.24) is 0 Å². The molecule has 6 N–H and O–H groups in total. The van der Waals surface area contributed by atoms with Crippen LogP contribution in [0.15, 0.2) is 0 Å². The third-order valence-electron chi connectivity index (χ3n) is 1.23. The van der Waals surface area contributed by atoms with E-state index in [0.29, 0.717) is 0 Å². The van der Waals surface area contributed by atoms with Crippen LogP contribution in [-0.2, 0) is 14.3 Å². The molecule has 0 radical (unpaired) electrons. The second kappa shape index (κ2) is 5.50. The summed E-state index contributed by atoms with van der Waals surface area (Å²) < 4.78 is 4.40. The Labute approximate surface area is 70.0 Å². The molecule has 0 aliphatic carbocycles. The maximum atomic E-state index is 10.8. The van der Waals surface area contributed by atoms with Gasteiger partial charge in [0, 0.05) is 6.42 Å². The molecular formula is C6H13N3O3. The molecule has 0 unspecified atom stereocenters. The molecule has 0 spiro atoms. The van der Waals surface area contributed by atoms with E-state index in [-0.39, 0.29) is 19.6 Å². The van der Waals surface area contributed by atoms with E-state index in [9.17, 15) is 9.59 Å². The molecule has 70 valence electrons. The maximum absolute atomic E-state index is 10.8. The van der Waals surface area contributed by atoms with E-state index in [1.165, 1.54) is 0 Å². The molecule has 0 aliphatic heterocycles. The predicted octanol–water partition coefficient (Wildman–Crippen LogP) is -1.96. The van der Waals surface area contributed by atoms with Gasteiger partial charge in [-0.05, 0) is 6.42 Å². The maximum Gasteiger partial charge on any atom is 0.324 e. The molecule has 6 nitrogen and oxygen atoms in total. The summed E-state index contributed by atoms with van der Waals surface area (Å²) in [5, 5.41) is 0. The van der Waals surface area contributed by atoms with Crippen LogP contribution in [0.1, 0.15) is 12.8 Å². The third kappa shape index (κ3) is 4.64. The van der Waals surface area contributed by atoms with Crippen LogP contribution in [0.25, 0.3) is 0 Å². The lowest BCUT2D eigenvalue weighted by Crippen LogP contribution is -2.34. The normalized spacial score (nSPS) is 12.2. The molecule has 0 aliphatic rings. The smallest absolute Gasteiger partial charge is 0.324 e. The van der Waals surface area contributed by atoms with Gasteiger partial charge in [-0.1, -0.05) is 0 Å². The van der Waals surface area contributed by atoms with E-state index in [1.54, 1.807) is 0 Å². The van der Waals surface area contributed by atoms with Crippen LogP contribution in [0.3, 0.4) is 0 Å². The van der Waals surface area contributed by atoms with Crippen LogP contribution in [0, 0.1) is 0 Å². The lowest BCUT2D eigenvalue weighted by Gasteiger charge is -2.08. The second-order valence-corrected chi connectivity index (χ2v) is 2.24. The molecule has 0 heterocycles. The standard InChI is InChI=1S/C6H13N3O3/c7-3-12-6(11)4(8)1-2-5(9)10/h4H,1-3,7-8H2,(H2,9,10)/t4-/m0/s1. The van der Waals surface area contributed by atoms with Crippen molar-refractivity contribution in [2.24, 2.45) is 17.2 Å². The topological polar surface area (TPSA) is 121 Å². The Hall–Kier alpha value is -1.14. The number of hydrogen-bond donors (Lipinski definition) is 3. The van der Waals surface area contributed by atoms with E-state index >= 15 is 0 Å². The summed E-state index contributed by atoms with van der Waals surface area (Å²) >= 11 is 0. The number of carbonyl (C=O) groups is 2. The highest BCUT2D eigenvalue weighted by Crippen LogP contribution is 1.95. The number of carbonyl (C=O) groups excluding carboxylic acids is 2. The average molecular weight is 175 g/mol. The largest absolute Gasteiger partial charge is 0.449 e. The molecule has 1 atom stereocenters. The first kappa shape index (κ1) is 10.9. The zero-order valence-corrected chi connectivity index (χ0v) is 6.66. The Balaban J connectivity index is 3.63. The van der Waals surface area contributed by atoms with Gasteiger partial charge in [0.2, 0.25) is 5.91 Å². The van der Waals surface area contributed by atoms with Crippen LogP contribution in [0.2, 0.25) is 0 Å². The molecule has 0 rings (SSSR count). The first-order valence-electron chi connectivity index (χ1n) is 3.48. The number of nitrogens with two attached hydrogens (primary N) is 3. The van der Waals surface area contributed by atoms with Crippen molar-refractivity contribution in [3.05, 3.63) is 0 Å². The fraction of sp³-hybridized carbons (Fsp3) is 0.667. The van der Waals surface area contributed by atoms with Gasteiger partial charge in [-0.2, -0.15) is 0 Å². The van der Waals surface area contributed by atoms with E-state index in [1.807, 2.05) is 0 Å². The highest BCUT2D eigenvalue weighted by molar-refractivity contribution is 5.78. The summed E-state index contributed by atoms with van der Waals surface area (Å²) in [5.74, 6) is -1.11. The Morgan fingerprint density at radius 1 is 1.42 bits per heavy atom. The first-order chi connectivity index (χ1) is 5.57. The molecule has 0 aromatic rings. The number of rotatable bonds is 5. The molecular weight excluding hydrogens is 162 g/mol. The highest BCUT2D eigenvalue weighted by atomic mass is 16.5. The van der Waals surface area contributed by atoms with Gasteiger partial charge in [-0.3, -0.25) is 15.3 Å². The molecule has 6 heteroatoms. The molecule has 0 bridgehead atoms. The van der Waals surface area contributed by atoms with Crippen LogP contribution in [0.5, 0.6) is 0 Å². The molecule has 0 aromatic carbocycles. The Kier molecular flexibility index (Phi) is 4.98. The first-order valence-corrected chi connectivity index (χ1v) is 3.48. The minimum atomic E-state index is -0.818. The minimum Gasteiger partial charge on any atom is -0.449 e. The fourth-order valence-corrected chi connectivity index (χ4v) is 0.605. The zero-order valence-electron chi connectivity index (χ0n) is 6.66. The molecule has 0 saturated carbocycles. The monoisotopic (exact) mass is 175 g/mol. The average Bonchev–Trinajstić information content (AvgIpc) is 2.00. The molecule has 1 amide bonds. The lowest BCUT2D eigenvalue weighted by atomic mass is 10.2. The van der Waals surface area contributed by atoms with Crippen LogP contribution in [0.4, 0.5) is 0 Å². The molecule has 0 fully saturated rings. The number of ether oxygens (including phenoxy) is 1. The zero-order chi connectivity index (χ0) is 9.56. The van der Waals surface area contributed by atoms with Crippen molar-refractivity contribution in [2.75, 3.05) is 6.73 Å². The van der Waals surface area contributed by atoms with Crippen LogP contribution < -0.4 is 17.2 Å². The van der Waals surface area contributed by atoms with Gasteiger partial charge in [-0.25, -0.2) is 0 Å². The van der Waals surface area contributed by atoms with Crippen LogP contribution >= 0.6 is 0 Å². The predicted molar refractivity (Wildman–Crippen MR) is 41.6 cm³/mol. The summed E-state index contributed by atoms with van der Waals surface area (Å²) in [6.07, 6.45) is 0.259. The van der Waals surface area contributed by atoms with Crippen molar-refractivity contribution >= 4 is 11.9 Å². The highest BCUT2D eigenvalue weighted by Gasteiger charge is 2.14. The summed E-state index contributed by atoms with van der Waals surface area (Å²) in [7, 11) is 0. The van der Waals surface area contributed by atoms with Crippen molar-refractivity contribution in [3.8, 4) is 0 Å². The summed E-state index contributed by atoms with van der Waals surface area (Å²) in [6.45, 7) is -0.205. The van der Waals surface area contributed by atoms with Gasteiger partial charge >= 0.3 is 5.97 Å². The van der Waals surface area contributed by atoms with Gasteiger partial charge < -0.3 is 16.2 Å². The lowest BCUT2D eigenvalue weighted by molar-refractivity contribution is -0.145. The quantitative estimate of drug-likeness (QED) is 0.331. The van der Waals surface area contributed by atoms with Gasteiger partial charge in [0.1, 0.15) is 12.8 Å². The SMILES string of the molecule is NCOC(=O)[C@@H](N)CCC(N)=O. The van der Waals surface area contributed by atoms with Crippen molar-refractivity contribution in [3.63, 3.8) is 0 Å². The van der Waals surface area contributed by atoms with E-state index in [4.69, 9.17) is 17.2 Å². The summed E-state index contributed by atoms with van der Waals surface area (Å²) in [6, 6.07) is -0.818. The number of primary amides is 1. The Bertz CT molecular complexity index is 171. The van der Waals surface area contributed by atoms with Gasteiger partial charge in [0.25, 0.3) is 0 Å². The van der Waals surface area contributed by atoms with Crippen molar-refractivity contribution in [2.45, 2.75) is 18.9 Å². The number of hydrogen-bond acceptors (Lipinski definition) is 5. The van der Waals surface area contributed by atoms with E-state index in [2.05, 4.69) is 4.74 Å². The molecule has 12 heavy (non-hydrogen) atoms. The van der Waals surface area contributed by atoms with Gasteiger partial charge in [-0.15, -0.1) is 0 Å². The molecule has 0 aromatic heterocycles. The van der Waals surface area contributed by atoms with E-state index < -0.39 is 17.9 Å². The number of amides is 1. The summed E-state index contributed by atoms with van der Waals surface area (Å²) in [5.41, 5.74) is 15.1. The third-order valence-corrected chi connectivity index (χ3v) is 1.23. The fourth-order valence-electron chi connectivity index (χ4n) is 0.605. The van der Waals surface area contributed by atoms with Gasteiger partial charge in [0.05, 0.1) is 0 Å². The summed E-state index contributed by atoms with van der Waals surface area (Å²) in [4.78, 5) is 21.1. The molecule has 0 saturated heterocycles. The van der Waals surface area contributed by atoms with E-state index in [0.717, 1.165) is 0 Å². The van der Waals surface area contributed by atoms with Crippen LogP contribution in [-0.4, -0.2) is 24.6 Å². The van der Waals surface area contributed by atoms with Crippen molar-refractivity contribution < 1.29 is 14.3 Å². The Morgan fingerprint density at radius 2 is 2.00 bits per heavy atom. The Morgan fingerprint density at radius 3 is 2.42 bits per heavy atom. The number of esters is 1. The second-order valence-electron chi connectivity index (χ2n) is 2.24. The van der Waals surface area contributed by atoms with Crippen molar-refractivity contribution in [1.29, 1.82) is 0 Å². The van der Waals surface area contributed by atoms with Gasteiger partial charge in [0.15, 0.2) is 0 Å². The minimum absolute atomic E-state index is 0.0703.